The Kier molecular flexibility index (Phi) is 5.74. The highest BCUT2D eigenvalue weighted by Gasteiger charge is 2.12. The zero-order chi connectivity index (χ0) is 13.6. The molecule has 102 valence electrons. The third-order valence-corrected chi connectivity index (χ3v) is 3.24. The van der Waals surface area contributed by atoms with E-state index in [1.165, 1.54) is 17.5 Å². The Hall–Kier alpha value is -0.950. The monoisotopic (exact) mass is 273 g/mol. The number of hydrogen-bond donors (Lipinski definition) is 3. The molecular formula is C12H19NO4S. The molecule has 1 atom stereocenters. The molecule has 18 heavy (non-hydrogen) atoms. The van der Waals surface area contributed by atoms with Gasteiger partial charge in [0.05, 0.1) is 6.10 Å². The lowest BCUT2D eigenvalue weighted by Gasteiger charge is -2.11. The van der Waals surface area contributed by atoms with Crippen LogP contribution in [0, 0.1) is 0 Å². The maximum atomic E-state index is 10.2. The zero-order valence-electron chi connectivity index (χ0n) is 10.3. The minimum absolute atomic E-state index is 0.177. The third kappa shape index (κ3) is 6.11. The van der Waals surface area contributed by atoms with Crippen LogP contribution in [-0.4, -0.2) is 43.0 Å². The van der Waals surface area contributed by atoms with Gasteiger partial charge in [-0.05, 0) is 24.1 Å². The van der Waals surface area contributed by atoms with Gasteiger partial charge in [-0.1, -0.05) is 31.2 Å². The summed E-state index contributed by atoms with van der Waals surface area (Å²) in [5, 5.41) is 11.7. The standard InChI is InChI=1S/C7H6.C5H13NO4S/c1-2-6-4-7(3-1)5-6;1-2-6-3-5(7)4-11(8,9)10/h1-4H,5H2;5-7H,2-4H2,1H3,(H,8,9,10). The first-order valence-electron chi connectivity index (χ1n) is 5.82. The fourth-order valence-corrected chi connectivity index (χ4v) is 2.17. The van der Waals surface area contributed by atoms with Crippen LogP contribution in [0.15, 0.2) is 24.3 Å². The van der Waals surface area contributed by atoms with Gasteiger partial charge in [0.1, 0.15) is 5.75 Å². The fourth-order valence-electron chi connectivity index (χ4n) is 1.57. The topological polar surface area (TPSA) is 86.6 Å². The van der Waals surface area contributed by atoms with E-state index in [1.54, 1.807) is 0 Å². The fraction of sp³-hybridized carbons (Fsp3) is 0.500. The summed E-state index contributed by atoms with van der Waals surface area (Å²) in [5.41, 5.74) is 2.97. The van der Waals surface area contributed by atoms with Gasteiger partial charge in [-0.2, -0.15) is 8.42 Å². The molecule has 0 saturated heterocycles. The normalized spacial score (nSPS) is 14.2. The molecule has 0 aromatic heterocycles. The SMILES string of the molecule is CCNCC(O)CS(=O)(=O)O.c1cc2cc(c1)C2. The quantitative estimate of drug-likeness (QED) is 0.688. The first-order chi connectivity index (χ1) is 8.40. The van der Waals surface area contributed by atoms with Crippen molar-refractivity contribution in [3.8, 4) is 0 Å². The minimum atomic E-state index is -4.04. The van der Waals surface area contributed by atoms with Crippen molar-refractivity contribution in [1.82, 2.24) is 5.32 Å². The van der Waals surface area contributed by atoms with Crippen molar-refractivity contribution in [2.75, 3.05) is 18.8 Å². The summed E-state index contributed by atoms with van der Waals surface area (Å²) in [6.45, 7) is 2.67. The Balaban J connectivity index is 0.000000194. The molecule has 6 heteroatoms. The van der Waals surface area contributed by atoms with Gasteiger partial charge in [0.25, 0.3) is 10.1 Å². The van der Waals surface area contributed by atoms with Crippen molar-refractivity contribution in [2.24, 2.45) is 0 Å². The van der Waals surface area contributed by atoms with Crippen molar-refractivity contribution < 1.29 is 18.1 Å². The van der Waals surface area contributed by atoms with E-state index in [0.29, 0.717) is 6.54 Å². The Morgan fingerprint density at radius 2 is 1.94 bits per heavy atom. The van der Waals surface area contributed by atoms with E-state index in [4.69, 9.17) is 9.66 Å². The molecule has 0 amide bonds. The highest BCUT2D eigenvalue weighted by Crippen LogP contribution is 2.18. The first-order valence-corrected chi connectivity index (χ1v) is 7.43. The van der Waals surface area contributed by atoms with E-state index in [9.17, 15) is 8.42 Å². The van der Waals surface area contributed by atoms with Gasteiger partial charge in [-0.15, -0.1) is 0 Å². The van der Waals surface area contributed by atoms with Crippen molar-refractivity contribution in [2.45, 2.75) is 19.4 Å². The summed E-state index contributed by atoms with van der Waals surface area (Å²) < 4.78 is 28.6. The average molecular weight is 273 g/mol. The molecule has 1 aromatic rings. The molecule has 2 aliphatic rings. The molecule has 1 aromatic carbocycles. The van der Waals surface area contributed by atoms with Crippen molar-refractivity contribution in [3.05, 3.63) is 35.4 Å². The Bertz CT molecular complexity index is 448. The second-order valence-corrected chi connectivity index (χ2v) is 5.70. The molecule has 3 N–H and O–H groups in total. The van der Waals surface area contributed by atoms with Crippen molar-refractivity contribution in [3.63, 3.8) is 0 Å². The lowest BCUT2D eigenvalue weighted by Crippen LogP contribution is -2.32. The maximum Gasteiger partial charge on any atom is 0.267 e. The molecule has 2 aliphatic carbocycles. The number of likely N-dealkylation sites (N-methyl/N-ethyl adjacent to an activating group) is 1. The number of benzene rings is 1. The smallest absolute Gasteiger partial charge is 0.267 e. The van der Waals surface area contributed by atoms with Crippen LogP contribution in [-0.2, 0) is 16.5 Å². The Labute approximate surface area is 108 Å². The molecular weight excluding hydrogens is 254 g/mol. The lowest BCUT2D eigenvalue weighted by atomic mass is 9.94. The van der Waals surface area contributed by atoms with Crippen LogP contribution in [0.5, 0.6) is 0 Å². The minimum Gasteiger partial charge on any atom is -0.391 e. The maximum absolute atomic E-state index is 10.2. The Morgan fingerprint density at radius 3 is 2.22 bits per heavy atom. The van der Waals surface area contributed by atoms with Gasteiger partial charge in [-0.3, -0.25) is 4.55 Å². The highest BCUT2D eigenvalue weighted by molar-refractivity contribution is 7.85. The number of hydrogen-bond acceptors (Lipinski definition) is 4. The third-order valence-electron chi connectivity index (χ3n) is 2.43. The molecule has 1 unspecified atom stereocenters. The summed E-state index contributed by atoms with van der Waals surface area (Å²) in [6.07, 6.45) is 0.182. The number of rotatable bonds is 5. The summed E-state index contributed by atoms with van der Waals surface area (Å²) in [4.78, 5) is 0. The van der Waals surface area contributed by atoms with Crippen LogP contribution in [0.3, 0.4) is 0 Å². The van der Waals surface area contributed by atoms with Gasteiger partial charge < -0.3 is 10.4 Å². The molecule has 0 spiro atoms. The van der Waals surface area contributed by atoms with Crippen LogP contribution in [0.25, 0.3) is 0 Å². The van der Waals surface area contributed by atoms with E-state index in [0.717, 1.165) is 0 Å². The van der Waals surface area contributed by atoms with E-state index in [2.05, 4.69) is 29.6 Å². The number of aliphatic hydroxyl groups is 1. The predicted molar refractivity (Wildman–Crippen MR) is 70.2 cm³/mol. The lowest BCUT2D eigenvalue weighted by molar-refractivity contribution is 0.192. The molecule has 0 heterocycles. The van der Waals surface area contributed by atoms with Gasteiger partial charge in [0.15, 0.2) is 0 Å². The molecule has 0 aliphatic heterocycles. The highest BCUT2D eigenvalue weighted by atomic mass is 32.2. The van der Waals surface area contributed by atoms with Crippen LogP contribution < -0.4 is 5.32 Å². The van der Waals surface area contributed by atoms with Crippen molar-refractivity contribution >= 4 is 10.1 Å². The van der Waals surface area contributed by atoms with Crippen LogP contribution in [0.1, 0.15) is 18.1 Å². The summed E-state index contributed by atoms with van der Waals surface area (Å²) >= 11 is 0. The van der Waals surface area contributed by atoms with Crippen LogP contribution >= 0.6 is 0 Å². The van der Waals surface area contributed by atoms with Gasteiger partial charge in [0.2, 0.25) is 0 Å². The molecule has 0 radical (unpaired) electrons. The van der Waals surface area contributed by atoms with E-state index < -0.39 is 22.0 Å². The molecule has 5 nitrogen and oxygen atoms in total. The first kappa shape index (κ1) is 15.1. The zero-order valence-corrected chi connectivity index (χ0v) is 11.2. The largest absolute Gasteiger partial charge is 0.391 e. The molecule has 2 bridgehead atoms. The van der Waals surface area contributed by atoms with E-state index in [-0.39, 0.29) is 6.54 Å². The summed E-state index contributed by atoms with van der Waals surface area (Å²) in [6, 6.07) is 8.65. The molecule has 0 fully saturated rings. The number of nitrogens with one attached hydrogen (secondary N) is 1. The van der Waals surface area contributed by atoms with Gasteiger partial charge >= 0.3 is 0 Å². The van der Waals surface area contributed by atoms with Gasteiger partial charge in [-0.25, -0.2) is 0 Å². The van der Waals surface area contributed by atoms with Crippen molar-refractivity contribution in [1.29, 1.82) is 0 Å². The average Bonchev–Trinajstić information content (AvgIpc) is 2.25. The van der Waals surface area contributed by atoms with Crippen LogP contribution in [0.2, 0.25) is 0 Å². The molecule has 0 saturated carbocycles. The second-order valence-electron chi connectivity index (χ2n) is 4.21. The predicted octanol–water partition coefficient (Wildman–Crippen LogP) is 0.435. The van der Waals surface area contributed by atoms with E-state index >= 15 is 0 Å². The van der Waals surface area contributed by atoms with Gasteiger partial charge in [0, 0.05) is 6.54 Å². The van der Waals surface area contributed by atoms with E-state index in [1.807, 2.05) is 6.92 Å². The Morgan fingerprint density at radius 1 is 1.39 bits per heavy atom. The summed E-state index contributed by atoms with van der Waals surface area (Å²) in [7, 11) is -4.04. The van der Waals surface area contributed by atoms with Crippen LogP contribution in [0.4, 0.5) is 0 Å². The second kappa shape index (κ2) is 6.84. The molecule has 3 rings (SSSR count). The number of fused-ring (bicyclic) bond motifs is 2. The number of aliphatic hydroxyl groups excluding tert-OH is 1. The summed E-state index contributed by atoms with van der Waals surface area (Å²) in [5.74, 6) is -0.611.